The summed E-state index contributed by atoms with van der Waals surface area (Å²) in [4.78, 5) is 14.9. The lowest BCUT2D eigenvalue weighted by Gasteiger charge is -2.26. The normalized spacial score (nSPS) is 17.8. The van der Waals surface area contributed by atoms with Crippen molar-refractivity contribution in [3.05, 3.63) is 83.1 Å². The smallest absolute Gasteiger partial charge is 0.250 e. The second-order valence-corrected chi connectivity index (χ2v) is 6.84. The Bertz CT molecular complexity index is 982. The number of rotatable bonds is 3. The Morgan fingerprint density at radius 2 is 1.64 bits per heavy atom. The highest BCUT2D eigenvalue weighted by Gasteiger charge is 2.37. The van der Waals surface area contributed by atoms with Crippen LogP contribution in [0.2, 0.25) is 0 Å². The molecule has 3 heteroatoms. The number of aromatic nitrogens is 1. The van der Waals surface area contributed by atoms with Gasteiger partial charge >= 0.3 is 0 Å². The van der Waals surface area contributed by atoms with Crippen molar-refractivity contribution in [2.24, 2.45) is 7.05 Å². The van der Waals surface area contributed by atoms with Crippen LogP contribution in [0.1, 0.15) is 31.0 Å². The molecule has 2 aromatic carbocycles. The minimum absolute atomic E-state index is 0.00111. The Morgan fingerprint density at radius 1 is 0.960 bits per heavy atom. The van der Waals surface area contributed by atoms with Gasteiger partial charge in [-0.15, -0.1) is 0 Å². The van der Waals surface area contributed by atoms with Crippen LogP contribution < -0.4 is 0 Å². The number of fused-ring (bicyclic) bond motifs is 1. The van der Waals surface area contributed by atoms with Crippen LogP contribution in [-0.2, 0) is 18.4 Å². The summed E-state index contributed by atoms with van der Waals surface area (Å²) in [5.74, 6) is 0.138. The zero-order valence-electron chi connectivity index (χ0n) is 14.9. The van der Waals surface area contributed by atoms with E-state index in [9.17, 15) is 4.79 Å². The molecule has 126 valence electrons. The molecule has 3 nitrogen and oxygen atoms in total. The molecular formula is C22H22N2O. The molecule has 4 rings (SSSR count). The number of aryl methyl sites for hydroxylation is 1. The largest absolute Gasteiger partial charge is 0.350 e. The maximum Gasteiger partial charge on any atom is 0.250 e. The number of nitrogens with zero attached hydrogens (tertiary/aromatic N) is 2. The van der Waals surface area contributed by atoms with Crippen LogP contribution in [0.15, 0.2) is 71.9 Å². The van der Waals surface area contributed by atoms with Gasteiger partial charge in [0.2, 0.25) is 0 Å². The van der Waals surface area contributed by atoms with E-state index < -0.39 is 0 Å². The monoisotopic (exact) mass is 330 g/mol. The number of benzene rings is 2. The van der Waals surface area contributed by atoms with Crippen molar-refractivity contribution >= 4 is 16.8 Å². The molecule has 2 heterocycles. The minimum atomic E-state index is -0.00111. The van der Waals surface area contributed by atoms with Gasteiger partial charge in [-0.25, -0.2) is 0 Å². The molecule has 0 saturated carbocycles. The lowest BCUT2D eigenvalue weighted by Crippen LogP contribution is -2.29. The molecule has 25 heavy (non-hydrogen) atoms. The molecule has 1 aliphatic heterocycles. The molecule has 1 atom stereocenters. The third kappa shape index (κ3) is 2.47. The lowest BCUT2D eigenvalue weighted by atomic mass is 9.98. The van der Waals surface area contributed by atoms with Crippen LogP contribution >= 0.6 is 0 Å². The van der Waals surface area contributed by atoms with E-state index in [-0.39, 0.29) is 11.9 Å². The van der Waals surface area contributed by atoms with E-state index in [1.165, 1.54) is 16.5 Å². The van der Waals surface area contributed by atoms with Crippen LogP contribution in [0, 0.1) is 0 Å². The van der Waals surface area contributed by atoms with Crippen LogP contribution in [0.25, 0.3) is 10.9 Å². The van der Waals surface area contributed by atoms with E-state index in [4.69, 9.17) is 0 Å². The molecule has 0 fully saturated rings. The highest BCUT2D eigenvalue weighted by Crippen LogP contribution is 2.41. The van der Waals surface area contributed by atoms with Gasteiger partial charge in [0.1, 0.15) is 0 Å². The van der Waals surface area contributed by atoms with Crippen LogP contribution in [-0.4, -0.2) is 15.4 Å². The van der Waals surface area contributed by atoms with Gasteiger partial charge in [0.05, 0.1) is 6.04 Å². The summed E-state index contributed by atoms with van der Waals surface area (Å²) >= 11 is 0. The van der Waals surface area contributed by atoms with E-state index in [1.54, 1.807) is 0 Å². The van der Waals surface area contributed by atoms with Gasteiger partial charge in [-0.2, -0.15) is 0 Å². The van der Waals surface area contributed by atoms with Crippen molar-refractivity contribution < 1.29 is 4.79 Å². The number of carbonyl (C=O) groups excluding carboxylic acids is 1. The predicted octanol–water partition coefficient (Wildman–Crippen LogP) is 4.60. The van der Waals surface area contributed by atoms with Gasteiger partial charge in [0, 0.05) is 41.8 Å². The van der Waals surface area contributed by atoms with Gasteiger partial charge in [0.25, 0.3) is 5.91 Å². The summed E-state index contributed by atoms with van der Waals surface area (Å²) in [5.41, 5.74) is 5.58. The molecule has 0 bridgehead atoms. The summed E-state index contributed by atoms with van der Waals surface area (Å²) in [6.45, 7) is 4.66. The molecule has 0 radical (unpaired) electrons. The van der Waals surface area contributed by atoms with Crippen molar-refractivity contribution in [1.82, 2.24) is 9.47 Å². The van der Waals surface area contributed by atoms with Crippen molar-refractivity contribution in [2.45, 2.75) is 26.4 Å². The Balaban J connectivity index is 1.83. The first kappa shape index (κ1) is 15.7. The molecule has 3 aromatic rings. The number of carbonyl (C=O) groups is 1. The fourth-order valence-corrected chi connectivity index (χ4v) is 3.88. The number of amides is 1. The second-order valence-electron chi connectivity index (χ2n) is 6.84. The first-order chi connectivity index (χ1) is 12.1. The van der Waals surface area contributed by atoms with Gasteiger partial charge in [-0.3, -0.25) is 4.79 Å². The highest BCUT2D eigenvalue weighted by molar-refractivity contribution is 5.98. The van der Waals surface area contributed by atoms with Crippen LogP contribution in [0.3, 0.4) is 0 Å². The molecule has 0 saturated heterocycles. The summed E-state index contributed by atoms with van der Waals surface area (Å²) < 4.78 is 2.15. The molecule has 1 amide bonds. The van der Waals surface area contributed by atoms with E-state index in [0.717, 1.165) is 16.7 Å². The van der Waals surface area contributed by atoms with E-state index in [0.29, 0.717) is 6.54 Å². The molecule has 0 aliphatic carbocycles. The van der Waals surface area contributed by atoms with Gasteiger partial charge in [0.15, 0.2) is 0 Å². The molecule has 1 aromatic heterocycles. The van der Waals surface area contributed by atoms with Crippen LogP contribution in [0.5, 0.6) is 0 Å². The first-order valence-electron chi connectivity index (χ1n) is 8.64. The predicted molar refractivity (Wildman–Crippen MR) is 101 cm³/mol. The van der Waals surface area contributed by atoms with E-state index in [1.807, 2.05) is 30.0 Å². The molecule has 1 unspecified atom stereocenters. The first-order valence-corrected chi connectivity index (χ1v) is 8.64. The van der Waals surface area contributed by atoms with E-state index in [2.05, 4.69) is 61.1 Å². The topological polar surface area (TPSA) is 25.2 Å². The Morgan fingerprint density at radius 3 is 2.40 bits per heavy atom. The third-order valence-electron chi connectivity index (χ3n) is 5.31. The van der Waals surface area contributed by atoms with Gasteiger partial charge < -0.3 is 9.47 Å². The van der Waals surface area contributed by atoms with Gasteiger partial charge in [-0.05, 0) is 31.1 Å². The fraction of sp³-hybridized carbons (Fsp3) is 0.227. The molecule has 0 spiro atoms. The maximum atomic E-state index is 12.9. The SMILES string of the molecule is CC1=C(C)C(c2cn(C)c3ccccc23)N(Cc2ccccc2)C1=O. The Kier molecular flexibility index (Phi) is 3.72. The van der Waals surface area contributed by atoms with Crippen molar-refractivity contribution in [3.8, 4) is 0 Å². The quantitative estimate of drug-likeness (QED) is 0.689. The Hall–Kier alpha value is -2.81. The minimum Gasteiger partial charge on any atom is -0.350 e. The number of hydrogen-bond acceptors (Lipinski definition) is 1. The van der Waals surface area contributed by atoms with Crippen molar-refractivity contribution in [1.29, 1.82) is 0 Å². The Labute approximate surface area is 148 Å². The fourth-order valence-electron chi connectivity index (χ4n) is 3.88. The molecule has 0 N–H and O–H groups in total. The summed E-state index contributed by atoms with van der Waals surface area (Å²) in [5, 5.41) is 1.22. The zero-order chi connectivity index (χ0) is 17.6. The standard InChI is InChI=1S/C22H22N2O/c1-15-16(2)22(25)24(13-17-9-5-4-6-10-17)21(15)19-14-23(3)20-12-8-7-11-18(19)20/h4-12,14,21H,13H2,1-3H3. The van der Waals surface area contributed by atoms with E-state index >= 15 is 0 Å². The van der Waals surface area contributed by atoms with Gasteiger partial charge in [-0.1, -0.05) is 48.5 Å². The highest BCUT2D eigenvalue weighted by atomic mass is 16.2. The summed E-state index contributed by atoms with van der Waals surface area (Å²) in [6.07, 6.45) is 2.17. The van der Waals surface area contributed by atoms with Crippen LogP contribution in [0.4, 0.5) is 0 Å². The number of para-hydroxylation sites is 1. The molecule has 1 aliphatic rings. The summed E-state index contributed by atoms with van der Waals surface area (Å²) in [7, 11) is 2.07. The van der Waals surface area contributed by atoms with Crippen molar-refractivity contribution in [2.75, 3.05) is 0 Å². The molecular weight excluding hydrogens is 308 g/mol. The lowest BCUT2D eigenvalue weighted by molar-refractivity contribution is -0.127. The average molecular weight is 330 g/mol. The maximum absolute atomic E-state index is 12.9. The average Bonchev–Trinajstić information content (AvgIpc) is 3.07. The third-order valence-corrected chi connectivity index (χ3v) is 5.31. The second kappa shape index (κ2) is 5.92. The summed E-state index contributed by atoms with van der Waals surface area (Å²) in [6, 6.07) is 18.6. The number of hydrogen-bond donors (Lipinski definition) is 0. The zero-order valence-corrected chi connectivity index (χ0v) is 14.9. The van der Waals surface area contributed by atoms with Crippen molar-refractivity contribution in [3.63, 3.8) is 0 Å².